The Balaban J connectivity index is 0.980. The van der Waals surface area contributed by atoms with E-state index in [-0.39, 0.29) is 84.1 Å². The lowest BCUT2D eigenvalue weighted by Crippen LogP contribution is -2.66. The Hall–Kier alpha value is -7.49. The summed E-state index contributed by atoms with van der Waals surface area (Å²) < 4.78 is 28.4. The number of fused-ring (bicyclic) bond motifs is 2. The molecule has 0 aromatic heterocycles. The number of piperazine rings is 2. The van der Waals surface area contributed by atoms with Gasteiger partial charge in [-0.05, 0) is 148 Å². The van der Waals surface area contributed by atoms with Crippen molar-refractivity contribution in [1.82, 2.24) is 51.5 Å². The second-order valence-corrected chi connectivity index (χ2v) is 27.0. The smallest absolute Gasteiger partial charge is 0.253 e. The van der Waals surface area contributed by atoms with Crippen molar-refractivity contribution in [2.75, 3.05) is 53.4 Å². The van der Waals surface area contributed by atoms with Gasteiger partial charge in [0.1, 0.15) is 24.2 Å². The molecule has 21 heteroatoms. The van der Waals surface area contributed by atoms with Crippen LogP contribution in [0.3, 0.4) is 0 Å². The normalized spacial score (nSPS) is 20.5. The van der Waals surface area contributed by atoms with E-state index in [1.54, 1.807) is 27.9 Å². The first-order chi connectivity index (χ1) is 40.2. The van der Waals surface area contributed by atoms with Crippen LogP contribution in [0.2, 0.25) is 0 Å². The van der Waals surface area contributed by atoms with E-state index in [0.29, 0.717) is 12.8 Å². The molecule has 6 N–H and O–H groups in total. The SMILES string of the molecule is CN[C@@H](C)C(=O)N[C@H](C(=O)N1CCN(C(=O)c2ccc(S(=O)(=O)c3ccc(C(=O)N4CCN(C(=O)[C@@H](NC(=O)[C@H](C)NC)C(C)(C)C)[C@H](C(=O)N[C@@H]5CCCc6ccccc65)C4)cc3)cc2)C[C@H]1C(=O)N[C@@H]1CCCc2ccccc21)C(C)(C)C. The molecule has 2 fully saturated rings. The number of hydrogen-bond acceptors (Lipinski definition) is 12. The zero-order valence-electron chi connectivity index (χ0n) is 50.6. The lowest BCUT2D eigenvalue weighted by molar-refractivity contribution is -0.148. The Bertz CT molecular complexity index is 3060. The zero-order chi connectivity index (χ0) is 61.7. The summed E-state index contributed by atoms with van der Waals surface area (Å²) in [6, 6.07) is 20.6. The van der Waals surface area contributed by atoms with Gasteiger partial charge in [-0.2, -0.15) is 0 Å². The summed E-state index contributed by atoms with van der Waals surface area (Å²) in [7, 11) is -0.916. The van der Waals surface area contributed by atoms with Crippen molar-refractivity contribution in [1.29, 1.82) is 0 Å². The molecule has 0 unspecified atom stereocenters. The maximum Gasteiger partial charge on any atom is 0.253 e. The van der Waals surface area contributed by atoms with Gasteiger partial charge in [-0.25, -0.2) is 8.42 Å². The third-order valence-electron chi connectivity index (χ3n) is 17.2. The summed E-state index contributed by atoms with van der Waals surface area (Å²) in [6.07, 6.45) is 4.82. The highest BCUT2D eigenvalue weighted by molar-refractivity contribution is 7.91. The molecule has 8 rings (SSSR count). The van der Waals surface area contributed by atoms with Gasteiger partial charge in [-0.15, -0.1) is 0 Å². The Morgan fingerprint density at radius 1 is 0.506 bits per heavy atom. The molecule has 2 saturated heterocycles. The molecule has 4 aliphatic rings. The van der Waals surface area contributed by atoms with E-state index in [9.17, 15) is 46.8 Å². The van der Waals surface area contributed by atoms with E-state index in [0.717, 1.165) is 47.9 Å². The van der Waals surface area contributed by atoms with E-state index in [2.05, 4.69) is 31.9 Å². The van der Waals surface area contributed by atoms with Crippen LogP contribution < -0.4 is 31.9 Å². The summed E-state index contributed by atoms with van der Waals surface area (Å²) >= 11 is 0. The summed E-state index contributed by atoms with van der Waals surface area (Å²) in [4.78, 5) is 119. The maximum atomic E-state index is 14.7. The van der Waals surface area contributed by atoms with Gasteiger partial charge in [-0.3, -0.25) is 38.4 Å². The molecule has 4 aromatic rings. The second kappa shape index (κ2) is 26.4. The highest BCUT2D eigenvalue weighted by Gasteiger charge is 2.46. The standard InChI is InChI=1S/C64H84N10O10S/c1-39(65-9)55(75)69-53(63(3,4)5)61(81)73-35-33-71(37-51(73)57(77)67-49-23-15-19-41-17-11-13-21-47(41)49)59(79)43-25-29-45(30-26-43)85(83,84)46-31-27-44(28-32-46)60(80)72-34-36-74(62(82)54(64(6,7)8)70-56(76)40(2)66-10)52(38-72)58(78)68-50-24-16-20-42-18-12-14-22-48(42)50/h11-14,17-18,21-22,25-32,39-40,49-54,65-66H,15-16,19-20,23-24,33-38H2,1-10H3,(H,67,77)(H,68,78)(H,69,75)(H,70,76)/t39-,40-,49+,50+,51-,52-,53+,54+/m0/s1. The number of nitrogens with zero attached hydrogens (tertiary/aromatic N) is 4. The van der Waals surface area contributed by atoms with Crippen LogP contribution in [0.5, 0.6) is 0 Å². The molecule has 0 bridgehead atoms. The van der Waals surface area contributed by atoms with Gasteiger partial charge in [0, 0.05) is 37.3 Å². The van der Waals surface area contributed by atoms with E-state index >= 15 is 0 Å². The largest absolute Gasteiger partial charge is 0.347 e. The maximum absolute atomic E-state index is 14.7. The topological polar surface area (TPSA) is 256 Å². The van der Waals surface area contributed by atoms with Crippen molar-refractivity contribution in [3.63, 3.8) is 0 Å². The molecule has 8 atom stereocenters. The second-order valence-electron chi connectivity index (χ2n) is 25.1. The molecular weight excluding hydrogens is 1100 g/mol. The summed E-state index contributed by atoms with van der Waals surface area (Å²) in [5.41, 5.74) is 3.05. The molecule has 2 aliphatic heterocycles. The van der Waals surface area contributed by atoms with Crippen molar-refractivity contribution in [3.8, 4) is 0 Å². The van der Waals surface area contributed by atoms with E-state index < -0.39 is 92.4 Å². The molecule has 85 heavy (non-hydrogen) atoms. The number of carbonyl (C=O) groups excluding carboxylic acids is 8. The number of benzene rings is 4. The number of sulfone groups is 1. The predicted molar refractivity (Wildman–Crippen MR) is 321 cm³/mol. The minimum absolute atomic E-state index is 0.0176. The van der Waals surface area contributed by atoms with Crippen molar-refractivity contribution >= 4 is 57.1 Å². The Morgan fingerprint density at radius 2 is 0.859 bits per heavy atom. The molecule has 2 heterocycles. The molecule has 0 radical (unpaired) electrons. The quantitative estimate of drug-likeness (QED) is 0.0908. The number of carbonyl (C=O) groups is 8. The number of rotatable bonds is 16. The third kappa shape index (κ3) is 14.3. The first kappa shape index (κ1) is 63.5. The molecule has 0 spiro atoms. The van der Waals surface area contributed by atoms with Crippen LogP contribution in [0.4, 0.5) is 0 Å². The van der Waals surface area contributed by atoms with Gasteiger partial charge in [-0.1, -0.05) is 90.1 Å². The third-order valence-corrected chi connectivity index (χ3v) is 18.9. The fourth-order valence-electron chi connectivity index (χ4n) is 11.7. The first-order valence-corrected chi connectivity index (χ1v) is 31.1. The summed E-state index contributed by atoms with van der Waals surface area (Å²) in [6.45, 7) is 14.1. The predicted octanol–water partition coefficient (Wildman–Crippen LogP) is 4.49. The van der Waals surface area contributed by atoms with Crippen molar-refractivity contribution in [2.45, 2.75) is 152 Å². The molecule has 20 nitrogen and oxygen atoms in total. The summed E-state index contributed by atoms with van der Waals surface area (Å²) in [5, 5.41) is 18.0. The monoisotopic (exact) mass is 1180 g/mol. The number of likely N-dealkylation sites (N-methyl/N-ethyl adjacent to an activating group) is 2. The Labute approximate surface area is 499 Å². The van der Waals surface area contributed by atoms with Crippen LogP contribution >= 0.6 is 0 Å². The first-order valence-electron chi connectivity index (χ1n) is 29.6. The molecule has 456 valence electrons. The van der Waals surface area contributed by atoms with Gasteiger partial charge in [0.2, 0.25) is 45.3 Å². The highest BCUT2D eigenvalue weighted by atomic mass is 32.2. The molecule has 4 aromatic carbocycles. The number of nitrogens with one attached hydrogen (secondary N) is 6. The minimum atomic E-state index is -4.20. The lowest BCUT2D eigenvalue weighted by Gasteiger charge is -2.44. The molecule has 2 aliphatic carbocycles. The fraction of sp³-hybridized carbons (Fsp3) is 0.500. The number of amides is 8. The zero-order valence-corrected chi connectivity index (χ0v) is 51.4. The summed E-state index contributed by atoms with van der Waals surface area (Å²) in [5.74, 6) is -3.52. The van der Waals surface area contributed by atoms with E-state index in [1.807, 2.05) is 90.1 Å². The van der Waals surface area contributed by atoms with E-state index in [1.165, 1.54) is 68.1 Å². The number of aryl methyl sites for hydroxylation is 2. The van der Waals surface area contributed by atoms with Crippen LogP contribution in [0.1, 0.15) is 136 Å². The van der Waals surface area contributed by atoms with Gasteiger partial charge in [0.15, 0.2) is 0 Å². The van der Waals surface area contributed by atoms with Gasteiger partial charge >= 0.3 is 0 Å². The molecule has 0 saturated carbocycles. The van der Waals surface area contributed by atoms with Crippen LogP contribution in [0.25, 0.3) is 0 Å². The average molecular weight is 1190 g/mol. The van der Waals surface area contributed by atoms with Crippen molar-refractivity contribution in [3.05, 3.63) is 130 Å². The lowest BCUT2D eigenvalue weighted by atomic mass is 9.85. The Kier molecular flexibility index (Phi) is 19.7. The van der Waals surface area contributed by atoms with Crippen LogP contribution in [-0.4, -0.2) is 165 Å². The van der Waals surface area contributed by atoms with Crippen LogP contribution in [-0.2, 0) is 51.4 Å². The van der Waals surface area contributed by atoms with Crippen molar-refractivity contribution < 1.29 is 46.8 Å². The van der Waals surface area contributed by atoms with Crippen LogP contribution in [0, 0.1) is 10.8 Å². The average Bonchev–Trinajstić information content (AvgIpc) is 2.07. The van der Waals surface area contributed by atoms with Crippen LogP contribution in [0.15, 0.2) is 107 Å². The molecular formula is C64H84N10O10S. The van der Waals surface area contributed by atoms with Gasteiger partial charge < -0.3 is 51.5 Å². The fourth-order valence-corrected chi connectivity index (χ4v) is 13.0. The minimum Gasteiger partial charge on any atom is -0.347 e. The van der Waals surface area contributed by atoms with Crippen molar-refractivity contribution in [2.24, 2.45) is 10.8 Å². The van der Waals surface area contributed by atoms with Gasteiger partial charge in [0.25, 0.3) is 11.8 Å². The van der Waals surface area contributed by atoms with E-state index in [4.69, 9.17) is 0 Å². The Morgan fingerprint density at radius 3 is 1.20 bits per heavy atom. The molecule has 8 amide bonds. The highest BCUT2D eigenvalue weighted by Crippen LogP contribution is 2.33. The number of hydrogen-bond donors (Lipinski definition) is 6. The van der Waals surface area contributed by atoms with Gasteiger partial charge in [0.05, 0.1) is 47.0 Å².